The number of hydrogen-bond acceptors (Lipinski definition) is 7. The van der Waals surface area contributed by atoms with Gasteiger partial charge in [-0.2, -0.15) is 0 Å². The van der Waals surface area contributed by atoms with Gasteiger partial charge in [-0.25, -0.2) is 18.1 Å². The molecule has 0 unspecified atom stereocenters. The Labute approximate surface area is 282 Å². The SMILES string of the molecule is C[C@@H]1[C@@H](C)C/C=C/[C@@](O)(c2nccn2C)[C@@H]2CC[C@H]2CN2C[C@@]3(CCCc4cc(Cl)ccc43)COc3ccc(cc32)C(=O)NS1(=O)=O. The maximum Gasteiger partial charge on any atom is 0.264 e. The average Bonchev–Trinajstić information content (AvgIpc) is 3.40. The van der Waals surface area contributed by atoms with Gasteiger partial charge in [0.15, 0.2) is 0 Å². The van der Waals surface area contributed by atoms with E-state index in [-0.39, 0.29) is 28.7 Å². The molecular weight excluding hydrogens is 636 g/mol. The predicted molar refractivity (Wildman–Crippen MR) is 182 cm³/mol. The van der Waals surface area contributed by atoms with Crippen LogP contribution in [0.15, 0.2) is 60.9 Å². The van der Waals surface area contributed by atoms with Gasteiger partial charge in [0, 0.05) is 54.4 Å². The summed E-state index contributed by atoms with van der Waals surface area (Å²) in [7, 11) is -2.10. The number of nitrogens with one attached hydrogen (secondary N) is 1. The molecule has 11 heteroatoms. The predicted octanol–water partition coefficient (Wildman–Crippen LogP) is 5.50. The van der Waals surface area contributed by atoms with Crippen LogP contribution in [0.3, 0.4) is 0 Å². The second-order valence-electron chi connectivity index (χ2n) is 14.2. The summed E-state index contributed by atoms with van der Waals surface area (Å²) in [6, 6.07) is 11.3. The zero-order valence-corrected chi connectivity index (χ0v) is 28.7. The molecule has 3 aromatic rings. The molecule has 4 aliphatic rings. The average molecular weight is 679 g/mol. The van der Waals surface area contributed by atoms with Crippen LogP contribution in [-0.2, 0) is 34.5 Å². The van der Waals surface area contributed by atoms with E-state index in [2.05, 4.69) is 26.7 Å². The number of sulfonamides is 1. The van der Waals surface area contributed by atoms with Crippen molar-refractivity contribution in [2.75, 3.05) is 24.6 Å². The van der Waals surface area contributed by atoms with Crippen molar-refractivity contribution in [1.29, 1.82) is 0 Å². The highest BCUT2D eigenvalue weighted by atomic mass is 35.5. The zero-order chi connectivity index (χ0) is 33.1. The molecule has 2 bridgehead atoms. The van der Waals surface area contributed by atoms with Gasteiger partial charge in [0.1, 0.15) is 17.2 Å². The van der Waals surface area contributed by atoms with E-state index in [4.69, 9.17) is 16.3 Å². The number of aryl methyl sites for hydroxylation is 2. The van der Waals surface area contributed by atoms with Gasteiger partial charge in [0.2, 0.25) is 10.0 Å². The molecule has 0 saturated heterocycles. The number of fused-ring (bicyclic) bond motifs is 4. The van der Waals surface area contributed by atoms with Crippen LogP contribution in [0, 0.1) is 17.8 Å². The van der Waals surface area contributed by atoms with Gasteiger partial charge in [-0.15, -0.1) is 0 Å². The van der Waals surface area contributed by atoms with E-state index in [1.165, 1.54) is 11.1 Å². The number of carbonyl (C=O) groups is 1. The van der Waals surface area contributed by atoms with Crippen molar-refractivity contribution in [3.63, 3.8) is 0 Å². The maximum absolute atomic E-state index is 13.5. The molecule has 3 heterocycles. The van der Waals surface area contributed by atoms with E-state index in [0.717, 1.165) is 42.8 Å². The summed E-state index contributed by atoms with van der Waals surface area (Å²) in [6.45, 7) is 5.20. The molecule has 1 amide bonds. The third kappa shape index (κ3) is 5.66. The van der Waals surface area contributed by atoms with Crippen LogP contribution in [0.2, 0.25) is 5.02 Å². The molecule has 7 rings (SSSR count). The number of benzene rings is 2. The van der Waals surface area contributed by atoms with Gasteiger partial charge < -0.3 is 19.3 Å². The molecule has 9 nitrogen and oxygen atoms in total. The number of carbonyl (C=O) groups excluding carboxylic acids is 1. The van der Waals surface area contributed by atoms with Gasteiger partial charge in [-0.05, 0) is 105 Å². The fraction of sp³-hybridized carbons (Fsp3) is 0.500. The standard InChI is InChI=1S/C36H43ClN4O5S/c1-23-6-4-15-36(43,34-38-16-17-40(34)3)30-11-8-27(30)20-41-21-35(14-5-7-25-18-28(37)10-12-29(25)35)22-46-32-13-9-26(19-31(32)41)33(42)39-47(44,45)24(23)2/h4,9-10,12-13,15-19,23-24,27,30,43H,5-8,11,14,20-22H2,1-3H3,(H,39,42)/b15-4+/t23-,24+,27-,30+,35-,36-/m0/s1. The lowest BCUT2D eigenvalue weighted by molar-refractivity contribution is -0.0577. The molecule has 250 valence electrons. The van der Waals surface area contributed by atoms with Crippen molar-refractivity contribution < 1.29 is 23.1 Å². The molecule has 1 spiro atoms. The molecule has 2 N–H and O–H groups in total. The van der Waals surface area contributed by atoms with Crippen LogP contribution in [0.4, 0.5) is 5.69 Å². The Hall–Kier alpha value is -3.34. The normalized spacial score (nSPS) is 32.6. The Morgan fingerprint density at radius 3 is 2.72 bits per heavy atom. The quantitative estimate of drug-likeness (QED) is 0.327. The number of aliphatic hydroxyl groups is 1. The molecular formula is C36H43ClN4O5S. The fourth-order valence-corrected chi connectivity index (χ4v) is 9.74. The number of hydrogen-bond donors (Lipinski definition) is 2. The number of halogens is 1. The highest BCUT2D eigenvalue weighted by Gasteiger charge is 2.50. The molecule has 1 saturated carbocycles. The smallest absolute Gasteiger partial charge is 0.264 e. The minimum atomic E-state index is -3.99. The minimum Gasteiger partial charge on any atom is -0.490 e. The Bertz CT molecular complexity index is 1840. The monoisotopic (exact) mass is 678 g/mol. The zero-order valence-electron chi connectivity index (χ0n) is 27.2. The highest BCUT2D eigenvalue weighted by molar-refractivity contribution is 7.90. The number of aromatic nitrogens is 2. The summed E-state index contributed by atoms with van der Waals surface area (Å²) in [6.07, 6.45) is 12.3. The Morgan fingerprint density at radius 2 is 1.98 bits per heavy atom. The van der Waals surface area contributed by atoms with E-state index >= 15 is 0 Å². The first kappa shape index (κ1) is 32.2. The summed E-state index contributed by atoms with van der Waals surface area (Å²) >= 11 is 6.44. The van der Waals surface area contributed by atoms with Crippen LogP contribution < -0.4 is 14.4 Å². The summed E-state index contributed by atoms with van der Waals surface area (Å²) in [5.41, 5.74) is 1.82. The third-order valence-corrected chi connectivity index (χ3v) is 13.5. The number of nitrogens with zero attached hydrogens (tertiary/aromatic N) is 3. The summed E-state index contributed by atoms with van der Waals surface area (Å²) < 4.78 is 37.6. The van der Waals surface area contributed by atoms with E-state index in [1.54, 1.807) is 31.3 Å². The summed E-state index contributed by atoms with van der Waals surface area (Å²) in [5, 5.41) is 12.4. The maximum atomic E-state index is 13.5. The number of imidazole rings is 1. The van der Waals surface area contributed by atoms with Crippen LogP contribution >= 0.6 is 11.6 Å². The number of amides is 1. The molecule has 47 heavy (non-hydrogen) atoms. The summed E-state index contributed by atoms with van der Waals surface area (Å²) in [5.74, 6) is 0.267. The minimum absolute atomic E-state index is 0.114. The molecule has 2 aromatic carbocycles. The number of anilines is 1. The largest absolute Gasteiger partial charge is 0.490 e. The van der Waals surface area contributed by atoms with Gasteiger partial charge in [0.05, 0.1) is 17.5 Å². The van der Waals surface area contributed by atoms with E-state index < -0.39 is 26.8 Å². The number of allylic oxidation sites excluding steroid dienone is 1. The molecule has 1 aromatic heterocycles. The first-order valence-corrected chi connectivity index (χ1v) is 18.6. The van der Waals surface area contributed by atoms with Gasteiger partial charge in [0.25, 0.3) is 5.91 Å². The second-order valence-corrected chi connectivity index (χ2v) is 16.7. The second kappa shape index (κ2) is 12.0. The van der Waals surface area contributed by atoms with Crippen LogP contribution in [0.25, 0.3) is 0 Å². The van der Waals surface area contributed by atoms with Crippen molar-refractivity contribution in [3.8, 4) is 5.75 Å². The molecule has 6 atom stereocenters. The van der Waals surface area contributed by atoms with E-state index in [1.807, 2.05) is 43.0 Å². The van der Waals surface area contributed by atoms with Crippen LogP contribution in [0.1, 0.15) is 73.3 Å². The first-order valence-electron chi connectivity index (χ1n) is 16.6. The number of rotatable bonds is 1. The lowest BCUT2D eigenvalue weighted by Crippen LogP contribution is -2.52. The van der Waals surface area contributed by atoms with Gasteiger partial charge in [-0.3, -0.25) is 4.79 Å². The fourth-order valence-electron chi connectivity index (χ4n) is 8.26. The molecule has 2 aliphatic carbocycles. The van der Waals surface area contributed by atoms with Crippen molar-refractivity contribution in [1.82, 2.24) is 14.3 Å². The molecule has 1 fully saturated rings. The molecule has 2 aliphatic heterocycles. The Morgan fingerprint density at radius 1 is 1.15 bits per heavy atom. The Kier molecular flexibility index (Phi) is 8.20. The van der Waals surface area contributed by atoms with Crippen molar-refractivity contribution >= 4 is 33.2 Å². The van der Waals surface area contributed by atoms with Gasteiger partial charge >= 0.3 is 0 Å². The van der Waals surface area contributed by atoms with E-state index in [0.29, 0.717) is 37.7 Å². The third-order valence-electron chi connectivity index (χ3n) is 11.3. The lowest BCUT2D eigenvalue weighted by atomic mass is 9.63. The topological polar surface area (TPSA) is 114 Å². The van der Waals surface area contributed by atoms with Crippen molar-refractivity contribution in [2.24, 2.45) is 24.8 Å². The highest BCUT2D eigenvalue weighted by Crippen LogP contribution is 2.50. The van der Waals surface area contributed by atoms with E-state index in [9.17, 15) is 18.3 Å². The van der Waals surface area contributed by atoms with Crippen LogP contribution in [0.5, 0.6) is 5.75 Å². The first-order chi connectivity index (χ1) is 22.4. The summed E-state index contributed by atoms with van der Waals surface area (Å²) in [4.78, 5) is 20.4. The van der Waals surface area contributed by atoms with Crippen molar-refractivity contribution in [3.05, 3.63) is 88.5 Å². The molecule has 0 radical (unpaired) electrons. The van der Waals surface area contributed by atoms with Gasteiger partial charge in [-0.1, -0.05) is 30.7 Å². The van der Waals surface area contributed by atoms with Crippen LogP contribution in [-0.4, -0.2) is 53.9 Å². The lowest BCUT2D eigenvalue weighted by Gasteiger charge is -2.48. The number of ether oxygens (including phenoxy) is 1. The van der Waals surface area contributed by atoms with Crippen molar-refractivity contribution in [2.45, 2.75) is 68.6 Å². The Balaban J connectivity index is 1.35.